The number of aromatic nitrogens is 3. The SMILES string of the molecule is CC1=C(C(=O)OCc2ccccc2)C(c2cccc(Cl)c2)n2nc(SCc3ccccc3Cl)nc2N1. The summed E-state index contributed by atoms with van der Waals surface area (Å²) < 4.78 is 7.42. The van der Waals surface area contributed by atoms with Gasteiger partial charge in [0.2, 0.25) is 11.1 Å². The molecule has 0 spiro atoms. The average molecular weight is 537 g/mol. The number of halogens is 2. The Bertz CT molecular complexity index is 1440. The highest BCUT2D eigenvalue weighted by atomic mass is 35.5. The van der Waals surface area contributed by atoms with Gasteiger partial charge in [0.1, 0.15) is 12.6 Å². The number of allylic oxidation sites excluding steroid dienone is 1. The van der Waals surface area contributed by atoms with E-state index in [0.29, 0.717) is 38.2 Å². The minimum Gasteiger partial charge on any atom is -0.457 e. The number of ether oxygens (including phenoxy) is 1. The predicted octanol–water partition coefficient (Wildman–Crippen LogP) is 6.91. The fourth-order valence-electron chi connectivity index (χ4n) is 4.00. The fraction of sp³-hybridized carbons (Fsp3) is 0.148. The molecule has 6 nitrogen and oxygen atoms in total. The highest BCUT2D eigenvalue weighted by Crippen LogP contribution is 2.38. The van der Waals surface area contributed by atoms with Crippen molar-refractivity contribution in [1.29, 1.82) is 0 Å². The van der Waals surface area contributed by atoms with Gasteiger partial charge in [0.15, 0.2) is 0 Å². The predicted molar refractivity (Wildman–Crippen MR) is 143 cm³/mol. The Morgan fingerprint density at radius 1 is 1.06 bits per heavy atom. The summed E-state index contributed by atoms with van der Waals surface area (Å²) in [7, 11) is 0. The van der Waals surface area contributed by atoms with E-state index < -0.39 is 12.0 Å². The summed E-state index contributed by atoms with van der Waals surface area (Å²) in [5.74, 6) is 0.725. The lowest BCUT2D eigenvalue weighted by atomic mass is 9.96. The lowest BCUT2D eigenvalue weighted by molar-refractivity contribution is -0.140. The van der Waals surface area contributed by atoms with E-state index in [0.717, 1.165) is 16.7 Å². The number of hydrogen-bond donors (Lipinski definition) is 1. The van der Waals surface area contributed by atoms with Crippen LogP contribution in [0.1, 0.15) is 29.7 Å². The maximum atomic E-state index is 13.4. The van der Waals surface area contributed by atoms with Gasteiger partial charge in [-0.1, -0.05) is 95.6 Å². The topological polar surface area (TPSA) is 69.0 Å². The Hall–Kier alpha value is -3.26. The van der Waals surface area contributed by atoms with Crippen LogP contribution in [0, 0.1) is 0 Å². The maximum Gasteiger partial charge on any atom is 0.338 e. The number of nitrogens with zero attached hydrogens (tertiary/aromatic N) is 3. The molecule has 0 amide bonds. The van der Waals surface area contributed by atoms with Crippen molar-refractivity contribution in [3.05, 3.63) is 117 Å². The van der Waals surface area contributed by atoms with E-state index in [4.69, 9.17) is 33.0 Å². The summed E-state index contributed by atoms with van der Waals surface area (Å²) in [6.07, 6.45) is 0. The van der Waals surface area contributed by atoms with Crippen molar-refractivity contribution in [1.82, 2.24) is 14.8 Å². The largest absolute Gasteiger partial charge is 0.457 e. The van der Waals surface area contributed by atoms with Gasteiger partial charge in [0.25, 0.3) is 0 Å². The molecule has 4 aromatic rings. The Morgan fingerprint density at radius 2 is 1.83 bits per heavy atom. The molecule has 1 unspecified atom stereocenters. The molecule has 9 heteroatoms. The summed E-state index contributed by atoms with van der Waals surface area (Å²) in [5, 5.41) is 9.81. The number of nitrogens with one attached hydrogen (secondary N) is 1. The zero-order valence-corrected chi connectivity index (χ0v) is 21.6. The number of hydrogen-bond acceptors (Lipinski definition) is 6. The van der Waals surface area contributed by atoms with Crippen LogP contribution >= 0.6 is 35.0 Å². The van der Waals surface area contributed by atoms with E-state index in [1.165, 1.54) is 11.8 Å². The molecule has 182 valence electrons. The first-order valence-electron chi connectivity index (χ1n) is 11.3. The van der Waals surface area contributed by atoms with Crippen molar-refractivity contribution in [2.75, 3.05) is 5.32 Å². The van der Waals surface area contributed by atoms with E-state index in [9.17, 15) is 4.79 Å². The van der Waals surface area contributed by atoms with Crippen molar-refractivity contribution >= 4 is 46.9 Å². The van der Waals surface area contributed by atoms with Gasteiger partial charge >= 0.3 is 5.97 Å². The third kappa shape index (κ3) is 5.28. The van der Waals surface area contributed by atoms with Crippen LogP contribution in [0.25, 0.3) is 0 Å². The van der Waals surface area contributed by atoms with Crippen molar-refractivity contribution in [2.24, 2.45) is 0 Å². The summed E-state index contributed by atoms with van der Waals surface area (Å²) >= 11 is 14.1. The molecule has 1 N–H and O–H groups in total. The molecule has 1 aliphatic heterocycles. The van der Waals surface area contributed by atoms with Crippen LogP contribution in [0.5, 0.6) is 0 Å². The monoisotopic (exact) mass is 536 g/mol. The van der Waals surface area contributed by atoms with Crippen molar-refractivity contribution < 1.29 is 9.53 Å². The molecule has 1 aromatic heterocycles. The smallest absolute Gasteiger partial charge is 0.338 e. The van der Waals surface area contributed by atoms with Gasteiger partial charge in [-0.25, -0.2) is 9.48 Å². The third-order valence-corrected chi connectivity index (χ3v) is 7.24. The number of carbonyl (C=O) groups is 1. The standard InChI is InChI=1S/C27H22Cl2N4O2S/c1-17-23(25(34)35-15-18-8-3-2-4-9-18)24(19-11-7-12-21(28)14-19)33-26(30-17)31-27(32-33)36-16-20-10-5-6-13-22(20)29/h2-14,24H,15-16H2,1H3,(H,30,31,32). The number of benzene rings is 3. The number of esters is 1. The van der Waals surface area contributed by atoms with Gasteiger partial charge in [-0.05, 0) is 41.8 Å². The van der Waals surface area contributed by atoms with Crippen LogP contribution < -0.4 is 5.32 Å². The van der Waals surface area contributed by atoms with Crippen LogP contribution in [0.15, 0.2) is 95.3 Å². The van der Waals surface area contributed by atoms with Crippen LogP contribution in [0.4, 0.5) is 5.95 Å². The van der Waals surface area contributed by atoms with Crippen molar-refractivity contribution in [2.45, 2.75) is 30.5 Å². The van der Waals surface area contributed by atoms with Crippen LogP contribution in [-0.2, 0) is 21.9 Å². The van der Waals surface area contributed by atoms with Crippen LogP contribution in [0.3, 0.4) is 0 Å². The van der Waals surface area contributed by atoms with Gasteiger partial charge in [-0.2, -0.15) is 4.98 Å². The Kier molecular flexibility index (Phi) is 7.32. The number of rotatable bonds is 7. The molecular weight excluding hydrogens is 515 g/mol. The maximum absolute atomic E-state index is 13.4. The molecule has 0 radical (unpaired) electrons. The normalized spacial score (nSPS) is 14.8. The highest BCUT2D eigenvalue weighted by molar-refractivity contribution is 7.98. The molecule has 5 rings (SSSR count). The Balaban J connectivity index is 1.46. The second kappa shape index (κ2) is 10.8. The number of carbonyl (C=O) groups excluding carboxylic acids is 1. The van der Waals surface area contributed by atoms with Crippen molar-refractivity contribution in [3.8, 4) is 0 Å². The van der Waals surface area contributed by atoms with Gasteiger partial charge in [-0.3, -0.25) is 0 Å². The zero-order valence-electron chi connectivity index (χ0n) is 19.3. The minimum absolute atomic E-state index is 0.169. The first-order valence-corrected chi connectivity index (χ1v) is 13.0. The molecule has 0 bridgehead atoms. The van der Waals surface area contributed by atoms with E-state index in [1.54, 1.807) is 10.7 Å². The lowest BCUT2D eigenvalue weighted by Crippen LogP contribution is -2.29. The molecule has 0 aliphatic carbocycles. The van der Waals surface area contributed by atoms with Gasteiger partial charge < -0.3 is 10.1 Å². The zero-order chi connectivity index (χ0) is 25.1. The van der Waals surface area contributed by atoms with E-state index in [2.05, 4.69) is 10.3 Å². The Labute approximate surface area is 223 Å². The molecule has 0 saturated carbocycles. The number of thioether (sulfide) groups is 1. The van der Waals surface area contributed by atoms with Gasteiger partial charge in [0, 0.05) is 21.5 Å². The summed E-state index contributed by atoms with van der Waals surface area (Å²) in [6, 6.07) is 24.1. The second-order valence-electron chi connectivity index (χ2n) is 8.23. The molecule has 2 heterocycles. The molecule has 3 aromatic carbocycles. The average Bonchev–Trinajstić information content (AvgIpc) is 3.29. The molecule has 0 fully saturated rings. The molecular formula is C27H22Cl2N4O2S. The van der Waals surface area contributed by atoms with E-state index in [-0.39, 0.29) is 6.61 Å². The summed E-state index contributed by atoms with van der Waals surface area (Å²) in [4.78, 5) is 18.1. The number of anilines is 1. The lowest BCUT2D eigenvalue weighted by Gasteiger charge is -2.28. The first-order chi connectivity index (χ1) is 17.5. The third-order valence-electron chi connectivity index (χ3n) is 5.74. The fourth-order valence-corrected chi connectivity index (χ4v) is 5.31. The van der Waals surface area contributed by atoms with Crippen LogP contribution in [0.2, 0.25) is 10.0 Å². The van der Waals surface area contributed by atoms with Crippen molar-refractivity contribution in [3.63, 3.8) is 0 Å². The van der Waals surface area contributed by atoms with Gasteiger partial charge in [0.05, 0.1) is 5.57 Å². The van der Waals surface area contributed by atoms with Gasteiger partial charge in [-0.15, -0.1) is 5.10 Å². The molecule has 1 atom stereocenters. The van der Waals surface area contributed by atoms with E-state index in [1.807, 2.05) is 79.7 Å². The number of fused-ring (bicyclic) bond motifs is 1. The minimum atomic E-state index is -0.551. The molecule has 36 heavy (non-hydrogen) atoms. The summed E-state index contributed by atoms with van der Waals surface area (Å²) in [6.45, 7) is 2.01. The van der Waals surface area contributed by atoms with Crippen LogP contribution in [-0.4, -0.2) is 20.7 Å². The second-order valence-corrected chi connectivity index (χ2v) is 10.0. The van der Waals surface area contributed by atoms with E-state index >= 15 is 0 Å². The summed E-state index contributed by atoms with van der Waals surface area (Å²) in [5.41, 5.74) is 3.82. The molecule has 0 saturated heterocycles. The Morgan fingerprint density at radius 3 is 2.61 bits per heavy atom. The molecule has 1 aliphatic rings. The first kappa shape index (κ1) is 24.4. The highest BCUT2D eigenvalue weighted by Gasteiger charge is 2.35. The quantitative estimate of drug-likeness (QED) is 0.204.